The molecule has 3 nitrogen and oxygen atoms in total. The topological polar surface area (TPSA) is 49.3 Å². The average molecular weight is 385 g/mol. The zero-order valence-electron chi connectivity index (χ0n) is 9.86. The van der Waals surface area contributed by atoms with Gasteiger partial charge in [-0.2, -0.15) is 0 Å². The van der Waals surface area contributed by atoms with Crippen LogP contribution in [0.15, 0.2) is 51.4 Å². The van der Waals surface area contributed by atoms with E-state index in [-0.39, 0.29) is 17.2 Å². The Morgan fingerprint density at radius 2 is 1.68 bits per heavy atom. The summed E-state index contributed by atoms with van der Waals surface area (Å²) in [5.74, 6) is -0.335. The number of phenolic OH excluding ortho intramolecular Hbond substituents is 1. The predicted molar refractivity (Wildman–Crippen MR) is 81.1 cm³/mol. The Balaban J connectivity index is 2.05. The van der Waals surface area contributed by atoms with E-state index >= 15 is 0 Å². The highest BCUT2D eigenvalue weighted by Gasteiger charge is 2.11. The third-order valence-electron chi connectivity index (χ3n) is 2.57. The molecule has 1 amide bonds. The number of halogens is 2. The summed E-state index contributed by atoms with van der Waals surface area (Å²) in [6.45, 7) is 0.415. The molecule has 0 atom stereocenters. The maximum absolute atomic E-state index is 12.0. The Kier molecular flexibility index (Phi) is 4.61. The minimum absolute atomic E-state index is 0.0310. The molecule has 2 rings (SSSR count). The van der Waals surface area contributed by atoms with Crippen LogP contribution in [0.5, 0.6) is 5.75 Å². The molecule has 0 spiro atoms. The molecule has 0 radical (unpaired) electrons. The van der Waals surface area contributed by atoms with Crippen molar-refractivity contribution in [3.8, 4) is 5.75 Å². The first-order valence-corrected chi connectivity index (χ1v) is 7.16. The van der Waals surface area contributed by atoms with Crippen molar-refractivity contribution in [2.24, 2.45) is 0 Å². The summed E-state index contributed by atoms with van der Waals surface area (Å²) >= 11 is 6.63. The Morgan fingerprint density at radius 1 is 1.05 bits per heavy atom. The Morgan fingerprint density at radius 3 is 2.37 bits per heavy atom. The number of carbonyl (C=O) groups is 1. The second-order valence-electron chi connectivity index (χ2n) is 3.97. The minimum atomic E-state index is -0.304. The zero-order valence-corrected chi connectivity index (χ0v) is 13.0. The molecule has 2 aromatic rings. The highest BCUT2D eigenvalue weighted by molar-refractivity contribution is 9.10. The van der Waals surface area contributed by atoms with Gasteiger partial charge in [0.05, 0.1) is 5.56 Å². The van der Waals surface area contributed by atoms with Crippen LogP contribution in [0, 0.1) is 0 Å². The molecule has 5 heteroatoms. The maximum Gasteiger partial charge on any atom is 0.255 e. The van der Waals surface area contributed by atoms with E-state index < -0.39 is 0 Å². The Labute approximate surface area is 127 Å². The third kappa shape index (κ3) is 3.81. The molecule has 0 aliphatic rings. The fourth-order valence-electron chi connectivity index (χ4n) is 1.57. The monoisotopic (exact) mass is 383 g/mol. The molecular formula is C14H11Br2NO2. The molecule has 0 saturated carbocycles. The number of carbonyl (C=O) groups excluding carboxylic acids is 1. The van der Waals surface area contributed by atoms with E-state index in [1.54, 1.807) is 12.1 Å². The first-order chi connectivity index (χ1) is 9.06. The van der Waals surface area contributed by atoms with Crippen molar-refractivity contribution in [1.82, 2.24) is 5.32 Å². The first-order valence-electron chi connectivity index (χ1n) is 5.57. The Bertz CT molecular complexity index is 597. The van der Waals surface area contributed by atoms with Crippen LogP contribution >= 0.6 is 31.9 Å². The summed E-state index contributed by atoms with van der Waals surface area (Å²) in [5, 5.41) is 12.4. The van der Waals surface area contributed by atoms with Crippen LogP contribution in [0.25, 0.3) is 0 Å². The van der Waals surface area contributed by atoms with Crippen LogP contribution in [0.4, 0.5) is 0 Å². The lowest BCUT2D eigenvalue weighted by atomic mass is 10.1. The van der Waals surface area contributed by atoms with Crippen LogP contribution in [0.1, 0.15) is 15.9 Å². The second kappa shape index (κ2) is 6.21. The standard InChI is InChI=1S/C14H11Br2NO2/c15-10-3-1-9(2-4-10)8-17-14(19)12-7-11(16)5-6-13(12)18/h1-7,18H,8H2,(H,17,19). The molecule has 0 unspecified atom stereocenters. The van der Waals surface area contributed by atoms with Crippen molar-refractivity contribution >= 4 is 37.8 Å². The number of phenols is 1. The average Bonchev–Trinajstić information content (AvgIpc) is 2.40. The number of benzene rings is 2. The fraction of sp³-hybridized carbons (Fsp3) is 0.0714. The van der Waals surface area contributed by atoms with Crippen LogP contribution in [0.2, 0.25) is 0 Å². The van der Waals surface area contributed by atoms with Crippen LogP contribution < -0.4 is 5.32 Å². The van der Waals surface area contributed by atoms with Crippen molar-refractivity contribution in [2.45, 2.75) is 6.54 Å². The van der Waals surface area contributed by atoms with Gasteiger partial charge in [0.15, 0.2) is 0 Å². The summed E-state index contributed by atoms with van der Waals surface area (Å²) in [4.78, 5) is 12.0. The lowest BCUT2D eigenvalue weighted by Crippen LogP contribution is -2.22. The molecule has 0 fully saturated rings. The van der Waals surface area contributed by atoms with Gasteiger partial charge in [-0.1, -0.05) is 44.0 Å². The van der Waals surface area contributed by atoms with Gasteiger partial charge in [-0.3, -0.25) is 4.79 Å². The third-order valence-corrected chi connectivity index (χ3v) is 3.59. The Hall–Kier alpha value is -1.33. The van der Waals surface area contributed by atoms with Crippen molar-refractivity contribution < 1.29 is 9.90 Å². The molecule has 0 heterocycles. The van der Waals surface area contributed by atoms with Crippen molar-refractivity contribution in [3.63, 3.8) is 0 Å². The van der Waals surface area contributed by atoms with E-state index in [1.165, 1.54) is 6.07 Å². The molecular weight excluding hydrogens is 374 g/mol. The second-order valence-corrected chi connectivity index (χ2v) is 5.80. The molecule has 19 heavy (non-hydrogen) atoms. The summed E-state index contributed by atoms with van der Waals surface area (Å²) in [6, 6.07) is 12.4. The molecule has 2 N–H and O–H groups in total. The number of amides is 1. The lowest BCUT2D eigenvalue weighted by molar-refractivity contribution is 0.0948. The van der Waals surface area contributed by atoms with Gasteiger partial charge in [-0.25, -0.2) is 0 Å². The number of rotatable bonds is 3. The number of aromatic hydroxyl groups is 1. The lowest BCUT2D eigenvalue weighted by Gasteiger charge is -2.07. The molecule has 0 saturated heterocycles. The fourth-order valence-corrected chi connectivity index (χ4v) is 2.20. The quantitative estimate of drug-likeness (QED) is 0.844. The summed E-state index contributed by atoms with van der Waals surface area (Å²) < 4.78 is 1.74. The molecule has 98 valence electrons. The molecule has 0 aliphatic carbocycles. The van der Waals surface area contributed by atoms with Gasteiger partial charge in [0, 0.05) is 15.5 Å². The minimum Gasteiger partial charge on any atom is -0.507 e. The van der Waals surface area contributed by atoms with Crippen LogP contribution in [-0.4, -0.2) is 11.0 Å². The van der Waals surface area contributed by atoms with E-state index in [0.29, 0.717) is 6.54 Å². The number of hydrogen-bond donors (Lipinski definition) is 2. The predicted octanol–water partition coefficient (Wildman–Crippen LogP) is 3.85. The van der Waals surface area contributed by atoms with E-state index in [2.05, 4.69) is 37.2 Å². The zero-order chi connectivity index (χ0) is 13.8. The first kappa shape index (κ1) is 14.1. The van der Waals surface area contributed by atoms with E-state index in [4.69, 9.17) is 0 Å². The van der Waals surface area contributed by atoms with Gasteiger partial charge in [0.1, 0.15) is 5.75 Å². The van der Waals surface area contributed by atoms with Crippen LogP contribution in [0.3, 0.4) is 0 Å². The van der Waals surface area contributed by atoms with Gasteiger partial charge in [-0.15, -0.1) is 0 Å². The molecule has 0 bridgehead atoms. The van der Waals surface area contributed by atoms with Gasteiger partial charge in [0.25, 0.3) is 5.91 Å². The molecule has 2 aromatic carbocycles. The molecule has 0 aliphatic heterocycles. The van der Waals surface area contributed by atoms with Crippen LogP contribution in [-0.2, 0) is 6.54 Å². The summed E-state index contributed by atoms with van der Waals surface area (Å²) in [5.41, 5.74) is 1.25. The highest BCUT2D eigenvalue weighted by atomic mass is 79.9. The van der Waals surface area contributed by atoms with Gasteiger partial charge in [-0.05, 0) is 35.9 Å². The van der Waals surface area contributed by atoms with Gasteiger partial charge < -0.3 is 10.4 Å². The van der Waals surface area contributed by atoms with Gasteiger partial charge >= 0.3 is 0 Å². The largest absolute Gasteiger partial charge is 0.507 e. The number of hydrogen-bond acceptors (Lipinski definition) is 2. The smallest absolute Gasteiger partial charge is 0.255 e. The molecule has 0 aromatic heterocycles. The SMILES string of the molecule is O=C(NCc1ccc(Br)cc1)c1cc(Br)ccc1O. The van der Waals surface area contributed by atoms with E-state index in [1.807, 2.05) is 24.3 Å². The maximum atomic E-state index is 12.0. The van der Waals surface area contributed by atoms with Crippen molar-refractivity contribution in [3.05, 3.63) is 62.5 Å². The number of nitrogens with one attached hydrogen (secondary N) is 1. The normalized spacial score (nSPS) is 10.2. The van der Waals surface area contributed by atoms with E-state index in [0.717, 1.165) is 14.5 Å². The van der Waals surface area contributed by atoms with Crippen molar-refractivity contribution in [2.75, 3.05) is 0 Å². The highest BCUT2D eigenvalue weighted by Crippen LogP contribution is 2.21. The van der Waals surface area contributed by atoms with Crippen molar-refractivity contribution in [1.29, 1.82) is 0 Å². The summed E-state index contributed by atoms with van der Waals surface area (Å²) in [6.07, 6.45) is 0. The van der Waals surface area contributed by atoms with Gasteiger partial charge in [0.2, 0.25) is 0 Å². The summed E-state index contributed by atoms with van der Waals surface area (Å²) in [7, 11) is 0. The van der Waals surface area contributed by atoms with E-state index in [9.17, 15) is 9.90 Å².